The molecule has 0 spiro atoms. The molecule has 2 atom stereocenters. The minimum Gasteiger partial charge on any atom is -0.493 e. The molecule has 2 unspecified atom stereocenters. The molecule has 1 amide bonds. The molecule has 0 fully saturated rings. The second kappa shape index (κ2) is 7.77. The molecule has 0 radical (unpaired) electrons. The Bertz CT molecular complexity index is 1150. The summed E-state index contributed by atoms with van der Waals surface area (Å²) in [4.78, 5) is 26.4. The molecule has 31 heavy (non-hydrogen) atoms. The summed E-state index contributed by atoms with van der Waals surface area (Å²) in [5.41, 5.74) is 2.78. The Morgan fingerprint density at radius 2 is 2.10 bits per heavy atom. The van der Waals surface area contributed by atoms with E-state index >= 15 is 0 Å². The van der Waals surface area contributed by atoms with E-state index in [4.69, 9.17) is 13.9 Å². The SMILES string of the molecule is COc1cc(C2NC(=O)c3c(sc4c3CCC(C)C4)N2)ccc1OC(=O)c1ccco1. The minimum atomic E-state index is -0.608. The van der Waals surface area contributed by atoms with E-state index < -0.39 is 12.1 Å². The molecule has 2 N–H and O–H groups in total. The van der Waals surface area contributed by atoms with Crippen LogP contribution in [0.4, 0.5) is 5.00 Å². The number of nitrogens with one attached hydrogen (secondary N) is 2. The van der Waals surface area contributed by atoms with Gasteiger partial charge in [-0.2, -0.15) is 0 Å². The number of carbonyl (C=O) groups excluding carboxylic acids is 2. The molecule has 3 aromatic rings. The van der Waals surface area contributed by atoms with Crippen LogP contribution in [-0.4, -0.2) is 19.0 Å². The highest BCUT2D eigenvalue weighted by molar-refractivity contribution is 7.16. The van der Waals surface area contributed by atoms with Crippen molar-refractivity contribution in [1.29, 1.82) is 0 Å². The normalized spacial score (nSPS) is 19.6. The van der Waals surface area contributed by atoms with Crippen molar-refractivity contribution in [3.63, 3.8) is 0 Å². The predicted molar refractivity (Wildman–Crippen MR) is 116 cm³/mol. The molecule has 0 saturated heterocycles. The van der Waals surface area contributed by atoms with Gasteiger partial charge in [0.05, 0.1) is 18.9 Å². The highest BCUT2D eigenvalue weighted by atomic mass is 32.1. The Morgan fingerprint density at radius 3 is 2.87 bits per heavy atom. The standard InChI is InChI=1S/C23H22N2O5S/c1-12-5-7-14-18(10-12)31-22-19(14)21(26)24-20(25-22)13-6-8-15(17(11-13)28-2)30-23(27)16-4-3-9-29-16/h3-4,6,8-9,11-12,20,25H,5,7,10H2,1-2H3,(H,24,26). The van der Waals surface area contributed by atoms with Crippen molar-refractivity contribution in [3.05, 3.63) is 63.9 Å². The van der Waals surface area contributed by atoms with Gasteiger partial charge in [-0.1, -0.05) is 13.0 Å². The van der Waals surface area contributed by atoms with Crippen LogP contribution in [0.1, 0.15) is 56.4 Å². The lowest BCUT2D eigenvalue weighted by Crippen LogP contribution is -2.38. The summed E-state index contributed by atoms with van der Waals surface area (Å²) in [5.74, 6) is 0.749. The molecule has 5 rings (SSSR count). The Balaban J connectivity index is 1.40. The van der Waals surface area contributed by atoms with Crippen molar-refractivity contribution in [3.8, 4) is 11.5 Å². The summed E-state index contributed by atoms with van der Waals surface area (Å²) >= 11 is 1.68. The number of anilines is 1. The maximum absolute atomic E-state index is 12.9. The highest BCUT2D eigenvalue weighted by Crippen LogP contribution is 2.43. The highest BCUT2D eigenvalue weighted by Gasteiger charge is 2.33. The first-order valence-electron chi connectivity index (χ1n) is 10.2. The fraction of sp³-hybridized carbons (Fsp3) is 0.304. The Labute approximate surface area is 183 Å². The number of rotatable bonds is 4. The van der Waals surface area contributed by atoms with Gasteiger partial charge in [0, 0.05) is 4.88 Å². The lowest BCUT2D eigenvalue weighted by atomic mass is 9.88. The number of amides is 1. The van der Waals surface area contributed by atoms with Crippen LogP contribution in [0, 0.1) is 5.92 Å². The summed E-state index contributed by atoms with van der Waals surface area (Å²) in [5, 5.41) is 7.42. The average molecular weight is 439 g/mol. The van der Waals surface area contributed by atoms with Gasteiger partial charge in [-0.3, -0.25) is 4.79 Å². The summed E-state index contributed by atoms with van der Waals surface area (Å²) in [6.07, 6.45) is 4.09. The first kappa shape index (κ1) is 19.7. The summed E-state index contributed by atoms with van der Waals surface area (Å²) in [7, 11) is 1.50. The summed E-state index contributed by atoms with van der Waals surface area (Å²) in [6.45, 7) is 2.25. The molecule has 1 aliphatic carbocycles. The van der Waals surface area contributed by atoms with Gasteiger partial charge in [0.25, 0.3) is 5.91 Å². The van der Waals surface area contributed by atoms with Gasteiger partial charge in [-0.05, 0) is 60.6 Å². The quantitative estimate of drug-likeness (QED) is 0.459. The zero-order valence-electron chi connectivity index (χ0n) is 17.2. The number of fused-ring (bicyclic) bond motifs is 3. The number of carbonyl (C=O) groups is 2. The van der Waals surface area contributed by atoms with Gasteiger partial charge in [0.2, 0.25) is 5.76 Å². The number of ether oxygens (including phenoxy) is 2. The molecular weight excluding hydrogens is 416 g/mol. The van der Waals surface area contributed by atoms with Crippen LogP contribution >= 0.6 is 11.3 Å². The monoisotopic (exact) mass is 438 g/mol. The molecule has 1 aliphatic heterocycles. The molecular formula is C23H22N2O5S. The third-order valence-corrected chi connectivity index (χ3v) is 6.92. The second-order valence-corrected chi connectivity index (χ2v) is 8.99. The number of methoxy groups -OCH3 is 1. The molecule has 7 nitrogen and oxygen atoms in total. The lowest BCUT2D eigenvalue weighted by molar-refractivity contribution is 0.0696. The van der Waals surface area contributed by atoms with Crippen molar-refractivity contribution in [2.75, 3.05) is 12.4 Å². The van der Waals surface area contributed by atoms with Crippen LogP contribution < -0.4 is 20.1 Å². The molecule has 160 valence electrons. The van der Waals surface area contributed by atoms with Crippen LogP contribution in [-0.2, 0) is 12.8 Å². The number of hydrogen-bond acceptors (Lipinski definition) is 7. The van der Waals surface area contributed by atoms with Crippen LogP contribution in [0.25, 0.3) is 0 Å². The van der Waals surface area contributed by atoms with Crippen LogP contribution in [0.2, 0.25) is 0 Å². The van der Waals surface area contributed by atoms with Crippen LogP contribution in [0.3, 0.4) is 0 Å². The van der Waals surface area contributed by atoms with Crippen molar-refractivity contribution >= 4 is 28.2 Å². The fourth-order valence-corrected chi connectivity index (χ4v) is 5.56. The Kier molecular flexibility index (Phi) is 4.94. The zero-order chi connectivity index (χ0) is 21.5. The molecule has 2 aliphatic rings. The van der Waals surface area contributed by atoms with E-state index in [0.29, 0.717) is 11.7 Å². The van der Waals surface area contributed by atoms with Crippen LogP contribution in [0.15, 0.2) is 41.0 Å². The van der Waals surface area contributed by atoms with Crippen molar-refractivity contribution < 1.29 is 23.5 Å². The van der Waals surface area contributed by atoms with Gasteiger partial charge in [0.1, 0.15) is 11.2 Å². The Hall–Kier alpha value is -3.26. The van der Waals surface area contributed by atoms with Gasteiger partial charge in [-0.15, -0.1) is 11.3 Å². The lowest BCUT2D eigenvalue weighted by Gasteiger charge is -2.27. The maximum atomic E-state index is 12.9. The van der Waals surface area contributed by atoms with Crippen molar-refractivity contribution in [2.45, 2.75) is 32.4 Å². The summed E-state index contributed by atoms with van der Waals surface area (Å²) < 4.78 is 15.9. The fourth-order valence-electron chi connectivity index (χ4n) is 4.12. The van der Waals surface area contributed by atoms with E-state index in [1.807, 2.05) is 0 Å². The van der Waals surface area contributed by atoms with Crippen LogP contribution in [0.5, 0.6) is 11.5 Å². The first-order valence-corrected chi connectivity index (χ1v) is 11.0. The molecule has 8 heteroatoms. The maximum Gasteiger partial charge on any atom is 0.379 e. The average Bonchev–Trinajstić information content (AvgIpc) is 3.41. The smallest absolute Gasteiger partial charge is 0.379 e. The first-order chi connectivity index (χ1) is 15.0. The van der Waals surface area contributed by atoms with E-state index in [2.05, 4.69) is 17.6 Å². The molecule has 0 saturated carbocycles. The predicted octanol–water partition coefficient (Wildman–Crippen LogP) is 4.55. The number of hydrogen-bond donors (Lipinski definition) is 2. The van der Waals surface area contributed by atoms with Gasteiger partial charge in [0.15, 0.2) is 11.5 Å². The topological polar surface area (TPSA) is 89.8 Å². The number of thiophene rings is 1. The zero-order valence-corrected chi connectivity index (χ0v) is 18.0. The van der Waals surface area contributed by atoms with Gasteiger partial charge < -0.3 is 24.5 Å². The third kappa shape index (κ3) is 3.57. The van der Waals surface area contributed by atoms with Crippen molar-refractivity contribution in [2.24, 2.45) is 5.92 Å². The van der Waals surface area contributed by atoms with E-state index in [-0.39, 0.29) is 17.4 Å². The molecule has 1 aromatic carbocycles. The number of esters is 1. The van der Waals surface area contributed by atoms with E-state index in [1.54, 1.807) is 35.6 Å². The van der Waals surface area contributed by atoms with Gasteiger partial charge in [-0.25, -0.2) is 4.79 Å². The van der Waals surface area contributed by atoms with E-state index in [1.165, 1.54) is 29.9 Å². The number of benzene rings is 1. The molecule has 3 heterocycles. The number of furan rings is 1. The largest absolute Gasteiger partial charge is 0.493 e. The van der Waals surface area contributed by atoms with Crippen molar-refractivity contribution in [1.82, 2.24) is 5.32 Å². The Morgan fingerprint density at radius 1 is 1.23 bits per heavy atom. The van der Waals surface area contributed by atoms with Gasteiger partial charge >= 0.3 is 5.97 Å². The van der Waals surface area contributed by atoms with E-state index in [9.17, 15) is 9.59 Å². The summed E-state index contributed by atoms with van der Waals surface area (Å²) in [6, 6.07) is 8.35. The molecule has 0 bridgehead atoms. The molecule has 2 aromatic heterocycles. The van der Waals surface area contributed by atoms with E-state index in [0.717, 1.165) is 35.4 Å². The second-order valence-electron chi connectivity index (χ2n) is 7.88. The third-order valence-electron chi connectivity index (χ3n) is 5.74. The minimum absolute atomic E-state index is 0.0573.